The van der Waals surface area contributed by atoms with Crippen molar-refractivity contribution >= 4 is 12.0 Å². The monoisotopic (exact) mass is 269 g/mol. The fourth-order valence-corrected chi connectivity index (χ4v) is 2.40. The summed E-state index contributed by atoms with van der Waals surface area (Å²) in [5, 5.41) is 12.3. The lowest BCUT2D eigenvalue weighted by Gasteiger charge is -2.06. The lowest BCUT2D eigenvalue weighted by Crippen LogP contribution is -2.14. The van der Waals surface area contributed by atoms with Crippen LogP contribution in [0.25, 0.3) is 6.08 Å². The second-order valence-electron chi connectivity index (χ2n) is 4.92. The van der Waals surface area contributed by atoms with E-state index in [0.717, 1.165) is 11.3 Å². The number of aryl methyl sites for hydroxylation is 1. The zero-order valence-electron chi connectivity index (χ0n) is 11.1. The number of aromatic hydroxyl groups is 1. The summed E-state index contributed by atoms with van der Waals surface area (Å²) in [6, 6.07) is 6.85. The number of rotatable bonds is 2. The van der Waals surface area contributed by atoms with Gasteiger partial charge in [0.05, 0.1) is 17.9 Å². The van der Waals surface area contributed by atoms with Crippen molar-refractivity contribution in [3.05, 3.63) is 53.6 Å². The minimum Gasteiger partial charge on any atom is -0.508 e. The Kier molecular flexibility index (Phi) is 3.02. The van der Waals surface area contributed by atoms with Gasteiger partial charge in [0.1, 0.15) is 5.75 Å². The molecule has 1 aromatic carbocycles. The molecule has 1 aromatic heterocycles. The first-order chi connectivity index (χ1) is 9.63. The van der Waals surface area contributed by atoms with E-state index < -0.39 is 0 Å². The molecule has 2 N–H and O–H groups in total. The van der Waals surface area contributed by atoms with E-state index in [9.17, 15) is 9.90 Å². The molecule has 0 aliphatic carbocycles. The summed E-state index contributed by atoms with van der Waals surface area (Å²) in [6.07, 6.45) is 5.45. The average Bonchev–Trinajstić information content (AvgIpc) is 2.97. The first kappa shape index (κ1) is 12.5. The van der Waals surface area contributed by atoms with Gasteiger partial charge in [-0.25, -0.2) is 4.98 Å². The number of phenolic OH excluding ortho intramolecular Hbond substituents is 1. The van der Waals surface area contributed by atoms with Crippen molar-refractivity contribution in [3.63, 3.8) is 0 Å². The molecule has 0 saturated carbocycles. The second-order valence-corrected chi connectivity index (χ2v) is 4.92. The molecule has 5 nitrogen and oxygen atoms in total. The van der Waals surface area contributed by atoms with Crippen LogP contribution < -0.4 is 5.32 Å². The Labute approximate surface area is 116 Å². The van der Waals surface area contributed by atoms with Gasteiger partial charge >= 0.3 is 0 Å². The predicted molar refractivity (Wildman–Crippen MR) is 75.0 cm³/mol. The molecule has 1 amide bonds. The topological polar surface area (TPSA) is 67.2 Å². The summed E-state index contributed by atoms with van der Waals surface area (Å²) in [5.74, 6) is 0.0576. The Morgan fingerprint density at radius 1 is 1.50 bits per heavy atom. The fraction of sp³-hybridized carbons (Fsp3) is 0.200. The van der Waals surface area contributed by atoms with Crippen molar-refractivity contribution < 1.29 is 9.90 Å². The van der Waals surface area contributed by atoms with Gasteiger partial charge in [0, 0.05) is 25.4 Å². The quantitative estimate of drug-likeness (QED) is 0.810. The van der Waals surface area contributed by atoms with Gasteiger partial charge in [-0.3, -0.25) is 4.79 Å². The highest BCUT2D eigenvalue weighted by Crippen LogP contribution is 2.29. The van der Waals surface area contributed by atoms with Gasteiger partial charge in [-0.2, -0.15) is 0 Å². The van der Waals surface area contributed by atoms with Crippen LogP contribution in [0.5, 0.6) is 5.75 Å². The number of carbonyl (C=O) groups excluding carboxylic acids is 1. The molecule has 5 heteroatoms. The van der Waals surface area contributed by atoms with Crippen molar-refractivity contribution in [2.75, 3.05) is 6.54 Å². The van der Waals surface area contributed by atoms with Crippen LogP contribution in [-0.4, -0.2) is 27.1 Å². The second kappa shape index (κ2) is 4.85. The number of aromatic nitrogens is 2. The number of nitrogens with one attached hydrogen (secondary N) is 1. The van der Waals surface area contributed by atoms with E-state index in [1.165, 1.54) is 0 Å². The van der Waals surface area contributed by atoms with E-state index in [-0.39, 0.29) is 17.6 Å². The van der Waals surface area contributed by atoms with Gasteiger partial charge in [-0.05, 0) is 23.8 Å². The van der Waals surface area contributed by atoms with Crippen LogP contribution in [0.2, 0.25) is 0 Å². The lowest BCUT2D eigenvalue weighted by molar-refractivity contribution is -0.116. The molecule has 0 spiro atoms. The highest BCUT2D eigenvalue weighted by atomic mass is 16.3. The summed E-state index contributed by atoms with van der Waals surface area (Å²) in [5.41, 5.74) is 2.35. The van der Waals surface area contributed by atoms with Crippen molar-refractivity contribution in [2.24, 2.45) is 7.05 Å². The molecule has 1 saturated heterocycles. The molecule has 1 fully saturated rings. The molecule has 2 aromatic rings. The van der Waals surface area contributed by atoms with Gasteiger partial charge in [0.25, 0.3) is 0 Å². The van der Waals surface area contributed by atoms with Crippen LogP contribution in [0, 0.1) is 0 Å². The first-order valence-corrected chi connectivity index (χ1v) is 6.40. The van der Waals surface area contributed by atoms with Gasteiger partial charge in [-0.15, -0.1) is 0 Å². The van der Waals surface area contributed by atoms with Crippen LogP contribution >= 0.6 is 0 Å². The van der Waals surface area contributed by atoms with Gasteiger partial charge in [-0.1, -0.05) is 12.1 Å². The van der Waals surface area contributed by atoms with E-state index in [4.69, 9.17) is 0 Å². The number of hydrogen-bond donors (Lipinski definition) is 2. The Bertz CT molecular complexity index is 688. The van der Waals surface area contributed by atoms with Crippen molar-refractivity contribution in [3.8, 4) is 5.75 Å². The maximum Gasteiger partial charge on any atom is 0.248 e. The van der Waals surface area contributed by atoms with Crippen LogP contribution in [0.1, 0.15) is 17.2 Å². The predicted octanol–water partition coefficient (Wildman–Crippen LogP) is 1.42. The number of nitrogens with zero attached hydrogens (tertiary/aromatic N) is 2. The van der Waals surface area contributed by atoms with E-state index in [2.05, 4.69) is 10.3 Å². The van der Waals surface area contributed by atoms with E-state index in [0.29, 0.717) is 12.1 Å². The maximum absolute atomic E-state index is 12.0. The minimum atomic E-state index is -0.0796. The minimum absolute atomic E-state index is 0.0500. The van der Waals surface area contributed by atoms with Crippen LogP contribution in [0.15, 0.2) is 42.4 Å². The Hall–Kier alpha value is -2.56. The Morgan fingerprint density at radius 3 is 3.05 bits per heavy atom. The number of hydrogen-bond acceptors (Lipinski definition) is 3. The zero-order valence-corrected chi connectivity index (χ0v) is 11.1. The van der Waals surface area contributed by atoms with Crippen LogP contribution in [0.3, 0.4) is 0 Å². The number of imidazole rings is 1. The maximum atomic E-state index is 12.0. The number of benzene rings is 1. The van der Waals surface area contributed by atoms with E-state index in [1.54, 1.807) is 30.6 Å². The van der Waals surface area contributed by atoms with Crippen LogP contribution in [0.4, 0.5) is 0 Å². The molecular weight excluding hydrogens is 254 g/mol. The molecule has 20 heavy (non-hydrogen) atoms. The number of phenols is 1. The Balaban J connectivity index is 1.98. The number of amides is 1. The lowest BCUT2D eigenvalue weighted by atomic mass is 9.97. The standard InChI is InChI=1S/C15H15N3O2/c1-18-8-14(17-9-18)13-7-16-15(20)12(13)6-10-3-2-4-11(19)5-10/h2-6,8-9,13,19H,7H2,1H3,(H,16,20)/t13-/m1/s1. The molecule has 102 valence electrons. The smallest absolute Gasteiger partial charge is 0.248 e. The molecule has 0 radical (unpaired) electrons. The highest BCUT2D eigenvalue weighted by molar-refractivity contribution is 6.01. The largest absolute Gasteiger partial charge is 0.508 e. The molecule has 0 bridgehead atoms. The summed E-state index contributed by atoms with van der Waals surface area (Å²) in [4.78, 5) is 16.3. The van der Waals surface area contributed by atoms with E-state index in [1.807, 2.05) is 23.9 Å². The first-order valence-electron chi connectivity index (χ1n) is 6.40. The fourth-order valence-electron chi connectivity index (χ4n) is 2.40. The third-order valence-electron chi connectivity index (χ3n) is 3.38. The number of carbonyl (C=O) groups is 1. The summed E-state index contributed by atoms with van der Waals surface area (Å²) >= 11 is 0. The van der Waals surface area contributed by atoms with Crippen molar-refractivity contribution in [2.45, 2.75) is 5.92 Å². The normalized spacial score (nSPS) is 20.4. The zero-order chi connectivity index (χ0) is 14.1. The molecule has 1 atom stereocenters. The SMILES string of the molecule is Cn1cnc([C@@H]2CNC(=O)C2=Cc2cccc(O)c2)c1. The molecule has 2 heterocycles. The van der Waals surface area contributed by atoms with Crippen LogP contribution in [-0.2, 0) is 11.8 Å². The molecule has 3 rings (SSSR count). The molecule has 0 unspecified atom stereocenters. The van der Waals surface area contributed by atoms with Gasteiger partial charge in [0.15, 0.2) is 0 Å². The Morgan fingerprint density at radius 2 is 2.35 bits per heavy atom. The van der Waals surface area contributed by atoms with Crippen molar-refractivity contribution in [1.82, 2.24) is 14.9 Å². The van der Waals surface area contributed by atoms with Gasteiger partial charge < -0.3 is 15.0 Å². The third kappa shape index (κ3) is 2.30. The molecular formula is C15H15N3O2. The summed E-state index contributed by atoms with van der Waals surface area (Å²) < 4.78 is 1.87. The van der Waals surface area contributed by atoms with E-state index >= 15 is 0 Å². The van der Waals surface area contributed by atoms with Crippen molar-refractivity contribution in [1.29, 1.82) is 0 Å². The molecule has 1 aliphatic rings. The highest BCUT2D eigenvalue weighted by Gasteiger charge is 2.30. The summed E-state index contributed by atoms with van der Waals surface area (Å²) in [7, 11) is 1.90. The molecule has 1 aliphatic heterocycles. The van der Waals surface area contributed by atoms with Gasteiger partial charge in [0.2, 0.25) is 5.91 Å². The average molecular weight is 269 g/mol. The third-order valence-corrected chi connectivity index (χ3v) is 3.38. The summed E-state index contributed by atoms with van der Waals surface area (Å²) in [6.45, 7) is 0.556.